The molecule has 0 aliphatic heterocycles. The number of carbonyl (C=O) groups is 2. The molecule has 26 heavy (non-hydrogen) atoms. The minimum Gasteiger partial charge on any atom is -0.449 e. The number of hydrogen-bond donors (Lipinski definition) is 2. The fraction of sp³-hybridized carbons (Fsp3) is 0.125. The average Bonchev–Trinajstić information content (AvgIpc) is 2.53. The average molecular weight is 384 g/mol. The van der Waals surface area contributed by atoms with Gasteiger partial charge in [-0.15, -0.1) is 0 Å². The molecule has 0 saturated carbocycles. The lowest BCUT2D eigenvalue weighted by atomic mass is 10.2. The van der Waals surface area contributed by atoms with Crippen LogP contribution in [0.2, 0.25) is 0 Å². The van der Waals surface area contributed by atoms with Gasteiger partial charge in [-0.3, -0.25) is 4.79 Å². The Morgan fingerprint density at radius 2 is 1.62 bits per heavy atom. The number of halogens is 2. The molecule has 2 aromatic rings. The summed E-state index contributed by atoms with van der Waals surface area (Å²) >= 11 is 0. The zero-order valence-corrected chi connectivity index (χ0v) is 14.2. The van der Waals surface area contributed by atoms with Crippen molar-refractivity contribution in [2.75, 3.05) is 5.32 Å². The summed E-state index contributed by atoms with van der Waals surface area (Å²) in [4.78, 5) is 23.7. The Morgan fingerprint density at radius 3 is 2.12 bits per heavy atom. The van der Waals surface area contributed by atoms with Crippen LogP contribution in [0.1, 0.15) is 17.3 Å². The molecular formula is C16H14F2N2O5S. The van der Waals surface area contributed by atoms with E-state index in [1.807, 2.05) is 0 Å². The molecule has 138 valence electrons. The number of nitrogens with two attached hydrogens (primary N) is 1. The smallest absolute Gasteiger partial charge is 0.339 e. The number of ether oxygens (including phenoxy) is 1. The Hall–Kier alpha value is -2.85. The number of rotatable bonds is 5. The number of hydrogen-bond acceptors (Lipinski definition) is 5. The highest BCUT2D eigenvalue weighted by Crippen LogP contribution is 2.14. The molecule has 1 unspecified atom stereocenters. The van der Waals surface area contributed by atoms with Crippen LogP contribution in [0.5, 0.6) is 0 Å². The van der Waals surface area contributed by atoms with Crippen molar-refractivity contribution < 1.29 is 31.5 Å². The largest absolute Gasteiger partial charge is 0.449 e. The summed E-state index contributed by atoms with van der Waals surface area (Å²) in [6, 6.07) is 7.14. The van der Waals surface area contributed by atoms with Gasteiger partial charge >= 0.3 is 5.97 Å². The van der Waals surface area contributed by atoms with Crippen LogP contribution in [-0.4, -0.2) is 26.4 Å². The summed E-state index contributed by atoms with van der Waals surface area (Å²) in [5, 5.41) is 7.36. The zero-order valence-electron chi connectivity index (χ0n) is 13.4. The van der Waals surface area contributed by atoms with Crippen LogP contribution in [0, 0.1) is 11.6 Å². The molecule has 0 aliphatic carbocycles. The summed E-state index contributed by atoms with van der Waals surface area (Å²) in [7, 11) is -3.86. The third-order valence-electron chi connectivity index (χ3n) is 3.20. The van der Waals surface area contributed by atoms with E-state index in [0.29, 0.717) is 6.07 Å². The van der Waals surface area contributed by atoms with E-state index in [1.54, 1.807) is 0 Å². The van der Waals surface area contributed by atoms with Gasteiger partial charge in [0.2, 0.25) is 10.0 Å². The van der Waals surface area contributed by atoms with Crippen molar-refractivity contribution in [3.8, 4) is 0 Å². The van der Waals surface area contributed by atoms with E-state index in [1.165, 1.54) is 31.2 Å². The van der Waals surface area contributed by atoms with Crippen LogP contribution < -0.4 is 10.5 Å². The van der Waals surface area contributed by atoms with E-state index in [4.69, 9.17) is 9.88 Å². The van der Waals surface area contributed by atoms with E-state index in [-0.39, 0.29) is 16.1 Å². The number of benzene rings is 2. The fourth-order valence-electron chi connectivity index (χ4n) is 1.93. The molecule has 3 N–H and O–H groups in total. The summed E-state index contributed by atoms with van der Waals surface area (Å²) in [6.07, 6.45) is -1.27. The van der Waals surface area contributed by atoms with Gasteiger partial charge in [0.05, 0.1) is 10.5 Å². The third-order valence-corrected chi connectivity index (χ3v) is 4.13. The normalized spacial score (nSPS) is 12.3. The predicted molar refractivity (Wildman–Crippen MR) is 87.7 cm³/mol. The van der Waals surface area contributed by atoms with E-state index >= 15 is 0 Å². The van der Waals surface area contributed by atoms with Gasteiger partial charge in [0, 0.05) is 11.8 Å². The molecule has 0 spiro atoms. The van der Waals surface area contributed by atoms with Crippen molar-refractivity contribution in [1.29, 1.82) is 0 Å². The standard InChI is InChI=1S/C16H14F2N2O5S/c1-9(25-16(22)10-6-11(17)8-12(18)7-10)15(21)20-13-2-4-14(5-3-13)26(19,23)24/h2-9H,1H3,(H,20,21)(H2,19,23,24). The molecule has 2 aromatic carbocycles. The number of amides is 1. The van der Waals surface area contributed by atoms with Crippen LogP contribution in [0.25, 0.3) is 0 Å². The Labute approximate surface area is 147 Å². The Kier molecular flexibility index (Phi) is 5.68. The topological polar surface area (TPSA) is 116 Å². The van der Waals surface area contributed by atoms with E-state index in [9.17, 15) is 26.8 Å². The summed E-state index contributed by atoms with van der Waals surface area (Å²) in [6.45, 7) is 1.27. The molecule has 7 nitrogen and oxygen atoms in total. The summed E-state index contributed by atoms with van der Waals surface area (Å²) in [5.41, 5.74) is -0.137. The predicted octanol–water partition coefficient (Wildman–Crippen LogP) is 1.80. The molecule has 10 heteroatoms. The van der Waals surface area contributed by atoms with Crippen molar-refractivity contribution in [3.63, 3.8) is 0 Å². The number of nitrogens with one attached hydrogen (secondary N) is 1. The molecule has 1 atom stereocenters. The van der Waals surface area contributed by atoms with Gasteiger partial charge in [0.15, 0.2) is 6.10 Å². The molecule has 0 fully saturated rings. The molecule has 2 rings (SSSR count). The molecule has 1 amide bonds. The first-order valence-electron chi connectivity index (χ1n) is 7.17. The Morgan fingerprint density at radius 1 is 1.08 bits per heavy atom. The minimum atomic E-state index is -3.86. The lowest BCUT2D eigenvalue weighted by molar-refractivity contribution is -0.123. The first kappa shape index (κ1) is 19.5. The van der Waals surface area contributed by atoms with Crippen molar-refractivity contribution in [3.05, 3.63) is 59.7 Å². The lowest BCUT2D eigenvalue weighted by Crippen LogP contribution is -2.30. The second kappa shape index (κ2) is 7.58. The fourth-order valence-corrected chi connectivity index (χ4v) is 2.44. The van der Waals surface area contributed by atoms with Gasteiger partial charge in [0.25, 0.3) is 5.91 Å². The number of carbonyl (C=O) groups excluding carboxylic acids is 2. The van der Waals surface area contributed by atoms with Gasteiger partial charge in [-0.1, -0.05) is 0 Å². The zero-order chi connectivity index (χ0) is 19.5. The van der Waals surface area contributed by atoms with Gasteiger partial charge < -0.3 is 10.1 Å². The van der Waals surface area contributed by atoms with E-state index in [0.717, 1.165) is 12.1 Å². The van der Waals surface area contributed by atoms with E-state index < -0.39 is 39.6 Å². The molecule has 0 aliphatic rings. The maximum absolute atomic E-state index is 13.1. The lowest BCUT2D eigenvalue weighted by Gasteiger charge is -2.14. The second-order valence-electron chi connectivity index (χ2n) is 5.26. The highest BCUT2D eigenvalue weighted by atomic mass is 32.2. The third kappa shape index (κ3) is 5.07. The highest BCUT2D eigenvalue weighted by Gasteiger charge is 2.20. The molecule has 0 radical (unpaired) electrons. The molecule has 0 saturated heterocycles. The number of esters is 1. The SMILES string of the molecule is CC(OC(=O)c1cc(F)cc(F)c1)C(=O)Nc1ccc(S(N)(=O)=O)cc1. The van der Waals surface area contributed by atoms with Crippen LogP contribution in [0.15, 0.2) is 47.4 Å². The van der Waals surface area contributed by atoms with Crippen molar-refractivity contribution in [2.24, 2.45) is 5.14 Å². The van der Waals surface area contributed by atoms with Gasteiger partial charge in [0.1, 0.15) is 11.6 Å². The first-order chi connectivity index (χ1) is 12.1. The maximum Gasteiger partial charge on any atom is 0.339 e. The first-order valence-corrected chi connectivity index (χ1v) is 8.71. The second-order valence-corrected chi connectivity index (χ2v) is 6.83. The monoisotopic (exact) mass is 384 g/mol. The molecular weight excluding hydrogens is 370 g/mol. The van der Waals surface area contributed by atoms with Gasteiger partial charge in [-0.05, 0) is 43.3 Å². The highest BCUT2D eigenvalue weighted by molar-refractivity contribution is 7.89. The van der Waals surface area contributed by atoms with Crippen molar-refractivity contribution in [1.82, 2.24) is 0 Å². The van der Waals surface area contributed by atoms with Crippen LogP contribution in [0.3, 0.4) is 0 Å². The Bertz CT molecular complexity index is 925. The number of sulfonamides is 1. The maximum atomic E-state index is 13.1. The molecule has 0 heterocycles. The summed E-state index contributed by atoms with van der Waals surface area (Å²) in [5.74, 6) is -3.71. The molecule has 0 bridgehead atoms. The van der Waals surface area contributed by atoms with Gasteiger partial charge in [-0.2, -0.15) is 0 Å². The van der Waals surface area contributed by atoms with Crippen LogP contribution >= 0.6 is 0 Å². The van der Waals surface area contributed by atoms with Crippen LogP contribution in [-0.2, 0) is 19.6 Å². The van der Waals surface area contributed by atoms with E-state index in [2.05, 4.69) is 5.32 Å². The summed E-state index contributed by atoms with van der Waals surface area (Å²) < 4.78 is 53.4. The Balaban J connectivity index is 2.02. The number of primary sulfonamides is 1. The quantitative estimate of drug-likeness (QED) is 0.763. The van der Waals surface area contributed by atoms with Crippen molar-refractivity contribution >= 4 is 27.6 Å². The van der Waals surface area contributed by atoms with Crippen LogP contribution in [0.4, 0.5) is 14.5 Å². The number of anilines is 1. The minimum absolute atomic E-state index is 0.136. The van der Waals surface area contributed by atoms with Crippen molar-refractivity contribution in [2.45, 2.75) is 17.9 Å². The molecule has 0 aromatic heterocycles. The van der Waals surface area contributed by atoms with Gasteiger partial charge in [-0.25, -0.2) is 27.1 Å².